The number of Topliss-reactive ketones (excluding diaryl/α,β-unsaturated/α-hetero) is 1. The summed E-state index contributed by atoms with van der Waals surface area (Å²) in [5, 5.41) is 5.37. The molecule has 2 saturated carbocycles. The van der Waals surface area contributed by atoms with E-state index in [9.17, 15) is 31.9 Å². The molecule has 1 heterocycles. The van der Waals surface area contributed by atoms with Gasteiger partial charge in [0.05, 0.1) is 12.7 Å². The van der Waals surface area contributed by atoms with Crippen molar-refractivity contribution in [1.82, 2.24) is 15.5 Å². The molecule has 47 heavy (non-hydrogen) atoms. The lowest BCUT2D eigenvalue weighted by Crippen LogP contribution is -2.51. The number of nitrogens with one attached hydrogen (secondary N) is 2. The second kappa shape index (κ2) is 14.1. The van der Waals surface area contributed by atoms with Gasteiger partial charge in [0.25, 0.3) is 0 Å². The van der Waals surface area contributed by atoms with Gasteiger partial charge in [-0.25, -0.2) is 4.79 Å². The van der Waals surface area contributed by atoms with Crippen LogP contribution >= 0.6 is 0 Å². The van der Waals surface area contributed by atoms with E-state index in [1.165, 1.54) is 0 Å². The number of ether oxygens (including phenoxy) is 2. The third-order valence-corrected chi connectivity index (χ3v) is 9.42. The number of halogens is 4. The lowest BCUT2D eigenvalue weighted by Gasteiger charge is -2.30. The van der Waals surface area contributed by atoms with Gasteiger partial charge in [-0.15, -0.1) is 0 Å². The summed E-state index contributed by atoms with van der Waals surface area (Å²) in [7, 11) is 1.88. The van der Waals surface area contributed by atoms with Crippen LogP contribution in [0.4, 0.5) is 22.4 Å². The van der Waals surface area contributed by atoms with Crippen LogP contribution in [0.3, 0.4) is 0 Å². The number of alkyl halides is 4. The van der Waals surface area contributed by atoms with Crippen molar-refractivity contribution in [2.75, 3.05) is 26.8 Å². The number of amides is 2. The number of hydrogen-bond donors (Lipinski definition) is 2. The Hall–Kier alpha value is -3.84. The number of carbonyl (C=O) groups excluding carboxylic acids is 3. The van der Waals surface area contributed by atoms with Crippen LogP contribution in [-0.4, -0.2) is 85.4 Å². The van der Waals surface area contributed by atoms with E-state index in [1.54, 1.807) is 37.3 Å². The highest BCUT2D eigenvalue weighted by molar-refractivity contribution is 6.07. The van der Waals surface area contributed by atoms with E-state index in [4.69, 9.17) is 9.47 Å². The van der Waals surface area contributed by atoms with Crippen molar-refractivity contribution in [1.29, 1.82) is 0 Å². The first-order valence-corrected chi connectivity index (χ1v) is 15.9. The van der Waals surface area contributed by atoms with Gasteiger partial charge in [-0.2, -0.15) is 17.6 Å². The number of hydrogen-bond acceptors (Lipinski definition) is 7. The fourth-order valence-electron chi connectivity index (χ4n) is 6.71. The van der Waals surface area contributed by atoms with E-state index in [1.807, 2.05) is 42.3 Å². The average Bonchev–Trinajstić information content (AvgIpc) is 3.22. The number of aliphatic imine (C=N–C) groups is 1. The van der Waals surface area contributed by atoms with Gasteiger partial charge in [0, 0.05) is 18.7 Å². The van der Waals surface area contributed by atoms with E-state index in [0.717, 1.165) is 5.56 Å². The van der Waals surface area contributed by atoms with Crippen LogP contribution in [0.25, 0.3) is 0 Å². The minimum Gasteiger partial charge on any atom is -0.450 e. The van der Waals surface area contributed by atoms with Crippen LogP contribution in [0.15, 0.2) is 65.7 Å². The summed E-state index contributed by atoms with van der Waals surface area (Å²) in [6.45, 7) is 2.46. The molecule has 1 aliphatic heterocycles. The Bertz CT molecular complexity index is 1430. The van der Waals surface area contributed by atoms with Gasteiger partial charge >= 0.3 is 17.9 Å². The van der Waals surface area contributed by atoms with Gasteiger partial charge in [0.15, 0.2) is 5.78 Å². The normalized spacial score (nSPS) is 23.8. The Morgan fingerprint density at radius 1 is 1.02 bits per heavy atom. The number of carbonyl (C=O) groups is 3. The molecule has 2 N–H and O–H groups in total. The fourth-order valence-corrected chi connectivity index (χ4v) is 6.71. The van der Waals surface area contributed by atoms with Crippen molar-refractivity contribution < 1.29 is 41.4 Å². The predicted octanol–water partition coefficient (Wildman–Crippen LogP) is 4.98. The smallest absolute Gasteiger partial charge is 0.412 e. The highest BCUT2D eigenvalue weighted by Crippen LogP contribution is 2.77. The number of ketones is 1. The van der Waals surface area contributed by atoms with Gasteiger partial charge in [0.1, 0.15) is 29.9 Å². The fraction of sp³-hybridized carbons (Fsp3) is 0.529. The van der Waals surface area contributed by atoms with Crippen LogP contribution in [0.5, 0.6) is 0 Å². The molecule has 0 aromatic heterocycles. The molecule has 3 atom stereocenters. The molecular formula is C34H40F4N4O5. The quantitative estimate of drug-likeness (QED) is 0.200. The first-order chi connectivity index (χ1) is 22.4. The largest absolute Gasteiger partial charge is 0.450 e. The molecular weight excluding hydrogens is 620 g/mol. The maximum absolute atomic E-state index is 14.1. The Balaban J connectivity index is 1.35. The van der Waals surface area contributed by atoms with Crippen molar-refractivity contribution in [3.8, 4) is 0 Å². The molecule has 254 valence electrons. The molecule has 3 unspecified atom stereocenters. The molecule has 0 bridgehead atoms. The van der Waals surface area contributed by atoms with Crippen LogP contribution in [0.2, 0.25) is 0 Å². The lowest BCUT2D eigenvalue weighted by atomic mass is 9.76. The van der Waals surface area contributed by atoms with Crippen molar-refractivity contribution in [2.45, 2.75) is 75.6 Å². The summed E-state index contributed by atoms with van der Waals surface area (Å²) in [6.07, 6.45) is -2.08. The highest BCUT2D eigenvalue weighted by atomic mass is 19.3. The SMILES string of the molecule is CCOC(=O)NC(=NC(CC1CCC2(CC1)C(F)(F)C2(F)F)C(=O)NC1C(=O)COC1CN(C)Cc1ccccc1)c1ccccc1. The lowest BCUT2D eigenvalue weighted by molar-refractivity contribution is -0.127. The van der Waals surface area contributed by atoms with E-state index in [0.29, 0.717) is 18.7 Å². The number of alkyl carbamates (subject to hydrolysis) is 1. The summed E-state index contributed by atoms with van der Waals surface area (Å²) in [4.78, 5) is 45.9. The number of amidine groups is 1. The molecule has 2 aliphatic carbocycles. The summed E-state index contributed by atoms with van der Waals surface area (Å²) < 4.78 is 67.2. The monoisotopic (exact) mass is 660 g/mol. The molecule has 1 spiro atoms. The Morgan fingerprint density at radius 3 is 2.23 bits per heavy atom. The molecule has 0 radical (unpaired) electrons. The first kappa shape index (κ1) is 34.5. The van der Waals surface area contributed by atoms with E-state index < -0.39 is 47.4 Å². The first-order valence-electron chi connectivity index (χ1n) is 15.9. The molecule has 2 aromatic rings. The van der Waals surface area contributed by atoms with Crippen LogP contribution in [0.1, 0.15) is 50.2 Å². The van der Waals surface area contributed by atoms with E-state index >= 15 is 0 Å². The third kappa shape index (κ3) is 7.20. The molecule has 2 amide bonds. The van der Waals surface area contributed by atoms with E-state index in [-0.39, 0.29) is 62.9 Å². The van der Waals surface area contributed by atoms with Gasteiger partial charge in [0.2, 0.25) is 5.91 Å². The van der Waals surface area contributed by atoms with Crippen LogP contribution in [-0.2, 0) is 25.6 Å². The molecule has 3 aliphatic rings. The molecule has 3 fully saturated rings. The summed E-state index contributed by atoms with van der Waals surface area (Å²) >= 11 is 0. The van der Waals surface area contributed by atoms with Gasteiger partial charge in [-0.05, 0) is 57.6 Å². The Labute approximate surface area is 271 Å². The molecule has 1 saturated heterocycles. The second-order valence-electron chi connectivity index (χ2n) is 12.6. The summed E-state index contributed by atoms with van der Waals surface area (Å²) in [5.41, 5.74) is -0.808. The van der Waals surface area contributed by atoms with Gasteiger partial charge < -0.3 is 14.8 Å². The Morgan fingerprint density at radius 2 is 1.64 bits per heavy atom. The molecule has 13 heteroatoms. The second-order valence-corrected chi connectivity index (χ2v) is 12.6. The predicted molar refractivity (Wildman–Crippen MR) is 165 cm³/mol. The minimum absolute atomic E-state index is 0.0280. The van der Waals surface area contributed by atoms with Crippen molar-refractivity contribution in [3.63, 3.8) is 0 Å². The number of nitrogens with zero attached hydrogens (tertiary/aromatic N) is 2. The number of likely N-dealkylation sites (N-methyl/N-ethyl adjacent to an activating group) is 1. The van der Waals surface area contributed by atoms with Crippen molar-refractivity contribution in [2.24, 2.45) is 16.3 Å². The summed E-state index contributed by atoms with van der Waals surface area (Å²) in [5.74, 6) is -9.39. The van der Waals surface area contributed by atoms with Crippen LogP contribution in [0, 0.1) is 11.3 Å². The zero-order valence-corrected chi connectivity index (χ0v) is 26.4. The summed E-state index contributed by atoms with van der Waals surface area (Å²) in [6, 6.07) is 16.1. The zero-order chi connectivity index (χ0) is 33.8. The van der Waals surface area contributed by atoms with Crippen molar-refractivity contribution in [3.05, 3.63) is 71.8 Å². The molecule has 5 rings (SSSR count). The number of benzene rings is 2. The minimum atomic E-state index is -4.05. The average molecular weight is 661 g/mol. The molecule has 9 nitrogen and oxygen atoms in total. The van der Waals surface area contributed by atoms with E-state index in [2.05, 4.69) is 15.6 Å². The zero-order valence-electron chi connectivity index (χ0n) is 26.4. The van der Waals surface area contributed by atoms with Gasteiger partial charge in [-0.3, -0.25) is 24.8 Å². The maximum atomic E-state index is 14.1. The molecule has 2 aromatic carbocycles. The topological polar surface area (TPSA) is 109 Å². The van der Waals surface area contributed by atoms with Gasteiger partial charge in [-0.1, -0.05) is 60.7 Å². The maximum Gasteiger partial charge on any atom is 0.412 e. The standard InChI is InChI=1S/C34H40F4N4O5/c1-3-46-31(45)41-29(24-12-8-5-9-13-24)39-25(18-22-14-16-32(17-15-22)33(35,36)34(32,37)38)30(44)40-28-26(43)21-47-27(28)20-42(2)19-23-10-6-4-7-11-23/h4-13,22,25,27-28H,3,14-21H2,1-2H3,(H,40,44)(H,39,41,45). The third-order valence-electron chi connectivity index (χ3n) is 9.42. The van der Waals surface area contributed by atoms with Crippen molar-refractivity contribution >= 4 is 23.6 Å². The van der Waals surface area contributed by atoms with Crippen LogP contribution < -0.4 is 10.6 Å². The number of rotatable bonds is 11. The highest BCUT2D eigenvalue weighted by Gasteiger charge is 2.95. The Kier molecular flexibility index (Phi) is 10.4.